The van der Waals surface area contributed by atoms with Crippen molar-refractivity contribution in [3.8, 4) is 0 Å². The van der Waals surface area contributed by atoms with Crippen LogP contribution in [0.2, 0.25) is 0 Å². The van der Waals surface area contributed by atoms with Crippen LogP contribution in [0, 0.1) is 0 Å². The minimum atomic E-state index is -0.561. The third-order valence-electron chi connectivity index (χ3n) is 5.76. The predicted octanol–water partition coefficient (Wildman–Crippen LogP) is 2.81. The average molecular weight is 402 g/mol. The van der Waals surface area contributed by atoms with Gasteiger partial charge in [-0.05, 0) is 56.1 Å². The molecule has 3 aromatic rings. The van der Waals surface area contributed by atoms with Crippen molar-refractivity contribution < 1.29 is 9.59 Å². The molecule has 6 nitrogen and oxygen atoms in total. The Morgan fingerprint density at radius 3 is 2.77 bits per heavy atom. The van der Waals surface area contributed by atoms with Crippen LogP contribution >= 0.6 is 0 Å². The zero-order valence-corrected chi connectivity index (χ0v) is 17.3. The highest BCUT2D eigenvalue weighted by Crippen LogP contribution is 2.30. The molecular formula is C24H26N4O2. The Hall–Kier alpha value is -3.25. The summed E-state index contributed by atoms with van der Waals surface area (Å²) in [6.45, 7) is 2.21. The molecule has 2 aromatic carbocycles. The number of fused-ring (bicyclic) bond motifs is 2. The van der Waals surface area contributed by atoms with Crippen molar-refractivity contribution in [1.82, 2.24) is 15.6 Å². The van der Waals surface area contributed by atoms with E-state index in [4.69, 9.17) is 0 Å². The molecule has 30 heavy (non-hydrogen) atoms. The summed E-state index contributed by atoms with van der Waals surface area (Å²) in [5.74, 6) is -0.256. The Morgan fingerprint density at radius 2 is 1.93 bits per heavy atom. The average Bonchev–Trinajstić information content (AvgIpc) is 2.91. The van der Waals surface area contributed by atoms with Crippen LogP contribution in [0.3, 0.4) is 0 Å². The first-order valence-corrected chi connectivity index (χ1v) is 10.3. The van der Waals surface area contributed by atoms with Crippen molar-refractivity contribution >= 4 is 28.4 Å². The standard InChI is InChI=1S/C24H26N4O2/c1-16(25-2)23(29)27-21-12-11-17-7-3-6-10-22(17)28(24(21)30)15-18-13-14-26-20-9-5-4-8-19(18)20/h3-10,13-14,16,21,25H,11-12,15H2,1-2H3,(H,27,29)/t16-,21?/m0/s1. The molecule has 2 heterocycles. The molecular weight excluding hydrogens is 376 g/mol. The Kier molecular flexibility index (Phi) is 5.77. The number of rotatable bonds is 5. The van der Waals surface area contributed by atoms with Crippen LogP contribution in [0.4, 0.5) is 5.69 Å². The molecule has 154 valence electrons. The molecule has 2 atom stereocenters. The summed E-state index contributed by atoms with van der Waals surface area (Å²) in [6.07, 6.45) is 3.08. The molecule has 0 fully saturated rings. The van der Waals surface area contributed by atoms with Gasteiger partial charge in [-0.15, -0.1) is 0 Å². The first-order chi connectivity index (χ1) is 14.6. The highest BCUT2D eigenvalue weighted by Gasteiger charge is 2.32. The highest BCUT2D eigenvalue weighted by molar-refractivity contribution is 6.01. The number of nitrogens with zero attached hydrogens (tertiary/aromatic N) is 2. The molecule has 4 rings (SSSR count). The van der Waals surface area contributed by atoms with Gasteiger partial charge in [-0.2, -0.15) is 0 Å². The largest absolute Gasteiger partial charge is 0.343 e. The van der Waals surface area contributed by atoms with E-state index in [1.54, 1.807) is 25.1 Å². The van der Waals surface area contributed by atoms with Gasteiger partial charge >= 0.3 is 0 Å². The van der Waals surface area contributed by atoms with Gasteiger partial charge in [0.25, 0.3) is 0 Å². The molecule has 0 bridgehead atoms. The van der Waals surface area contributed by atoms with E-state index < -0.39 is 6.04 Å². The van der Waals surface area contributed by atoms with Crippen LogP contribution in [0.5, 0.6) is 0 Å². The van der Waals surface area contributed by atoms with E-state index in [0.717, 1.165) is 34.1 Å². The number of hydrogen-bond acceptors (Lipinski definition) is 4. The lowest BCUT2D eigenvalue weighted by atomic mass is 10.1. The first-order valence-electron chi connectivity index (χ1n) is 10.3. The second kappa shape index (κ2) is 8.63. The zero-order chi connectivity index (χ0) is 21.1. The number of amides is 2. The van der Waals surface area contributed by atoms with Crippen molar-refractivity contribution in [2.75, 3.05) is 11.9 Å². The number of likely N-dealkylation sites (N-methyl/N-ethyl adjacent to an activating group) is 1. The number of hydrogen-bond donors (Lipinski definition) is 2. The van der Waals surface area contributed by atoms with Crippen LogP contribution in [0.15, 0.2) is 60.8 Å². The van der Waals surface area contributed by atoms with Crippen molar-refractivity contribution in [2.45, 2.75) is 38.4 Å². The number of anilines is 1. The lowest BCUT2D eigenvalue weighted by molar-refractivity contribution is -0.128. The van der Waals surface area contributed by atoms with Gasteiger partial charge in [0.2, 0.25) is 11.8 Å². The van der Waals surface area contributed by atoms with E-state index in [-0.39, 0.29) is 17.9 Å². The number of aryl methyl sites for hydroxylation is 1. The number of pyridine rings is 1. The number of carbonyl (C=O) groups is 2. The van der Waals surface area contributed by atoms with Crippen LogP contribution in [-0.2, 0) is 22.6 Å². The number of nitrogens with one attached hydrogen (secondary N) is 2. The van der Waals surface area contributed by atoms with Gasteiger partial charge in [-0.25, -0.2) is 0 Å². The van der Waals surface area contributed by atoms with Crippen LogP contribution in [-0.4, -0.2) is 35.9 Å². The third kappa shape index (κ3) is 3.91. The summed E-state index contributed by atoms with van der Waals surface area (Å²) < 4.78 is 0. The molecule has 0 radical (unpaired) electrons. The second-order valence-electron chi connectivity index (χ2n) is 7.65. The summed E-state index contributed by atoms with van der Waals surface area (Å²) in [4.78, 5) is 32.3. The lowest BCUT2D eigenvalue weighted by Crippen LogP contribution is -2.52. The fraction of sp³-hybridized carbons (Fsp3) is 0.292. The molecule has 2 N–H and O–H groups in total. The minimum absolute atomic E-state index is 0.0857. The molecule has 0 aliphatic carbocycles. The van der Waals surface area contributed by atoms with Crippen molar-refractivity contribution in [2.24, 2.45) is 0 Å². The summed E-state index contributed by atoms with van der Waals surface area (Å²) in [5, 5.41) is 6.90. The number of para-hydroxylation sites is 2. The van der Waals surface area contributed by atoms with E-state index in [2.05, 4.69) is 21.7 Å². The van der Waals surface area contributed by atoms with E-state index >= 15 is 0 Å². The monoisotopic (exact) mass is 402 g/mol. The van der Waals surface area contributed by atoms with Crippen molar-refractivity contribution in [1.29, 1.82) is 0 Å². The van der Waals surface area contributed by atoms with Crippen LogP contribution < -0.4 is 15.5 Å². The summed E-state index contributed by atoms with van der Waals surface area (Å²) in [6, 6.07) is 17.0. The van der Waals surface area contributed by atoms with Gasteiger partial charge in [0, 0.05) is 17.3 Å². The number of aromatic nitrogens is 1. The van der Waals surface area contributed by atoms with Gasteiger partial charge in [0.05, 0.1) is 18.1 Å². The molecule has 6 heteroatoms. The zero-order valence-electron chi connectivity index (χ0n) is 17.3. The van der Waals surface area contributed by atoms with Crippen molar-refractivity contribution in [3.05, 3.63) is 71.9 Å². The third-order valence-corrected chi connectivity index (χ3v) is 5.76. The maximum Gasteiger partial charge on any atom is 0.249 e. The molecule has 0 saturated carbocycles. The SMILES string of the molecule is CN[C@@H](C)C(=O)NC1CCc2ccccc2N(Cc2ccnc3ccccc23)C1=O. The van der Waals surface area contributed by atoms with Gasteiger partial charge in [-0.1, -0.05) is 36.4 Å². The van der Waals surface area contributed by atoms with Gasteiger partial charge in [-0.3, -0.25) is 14.6 Å². The fourth-order valence-electron chi connectivity index (χ4n) is 3.90. The Morgan fingerprint density at radius 1 is 1.17 bits per heavy atom. The quantitative estimate of drug-likeness (QED) is 0.688. The smallest absolute Gasteiger partial charge is 0.249 e. The van der Waals surface area contributed by atoms with Gasteiger partial charge in [0.1, 0.15) is 6.04 Å². The van der Waals surface area contributed by atoms with Crippen molar-refractivity contribution in [3.63, 3.8) is 0 Å². The maximum atomic E-state index is 13.6. The molecule has 1 aliphatic rings. The van der Waals surface area contributed by atoms with Gasteiger partial charge in [0.15, 0.2) is 0 Å². The number of benzene rings is 2. The molecule has 1 aliphatic heterocycles. The highest BCUT2D eigenvalue weighted by atomic mass is 16.2. The molecule has 0 spiro atoms. The molecule has 2 amide bonds. The Labute approximate surface area is 176 Å². The molecule has 1 unspecified atom stereocenters. The second-order valence-corrected chi connectivity index (χ2v) is 7.65. The molecule has 1 aromatic heterocycles. The number of carbonyl (C=O) groups excluding carboxylic acids is 2. The minimum Gasteiger partial charge on any atom is -0.343 e. The summed E-state index contributed by atoms with van der Waals surface area (Å²) >= 11 is 0. The van der Waals surface area contributed by atoms with E-state index in [0.29, 0.717) is 13.0 Å². The fourth-order valence-corrected chi connectivity index (χ4v) is 3.90. The van der Waals surface area contributed by atoms with Crippen LogP contribution in [0.25, 0.3) is 10.9 Å². The van der Waals surface area contributed by atoms with E-state index in [1.165, 1.54) is 0 Å². The van der Waals surface area contributed by atoms with E-state index in [1.807, 2.05) is 48.5 Å². The lowest BCUT2D eigenvalue weighted by Gasteiger charge is -2.27. The van der Waals surface area contributed by atoms with E-state index in [9.17, 15) is 9.59 Å². The maximum absolute atomic E-state index is 13.6. The predicted molar refractivity (Wildman–Crippen MR) is 118 cm³/mol. The molecule has 0 saturated heterocycles. The topological polar surface area (TPSA) is 74.3 Å². The Balaban J connectivity index is 1.70. The summed E-state index contributed by atoms with van der Waals surface area (Å²) in [7, 11) is 1.73. The van der Waals surface area contributed by atoms with Gasteiger partial charge < -0.3 is 15.5 Å². The first kappa shape index (κ1) is 20.0. The van der Waals surface area contributed by atoms with Crippen LogP contribution in [0.1, 0.15) is 24.5 Å². The summed E-state index contributed by atoms with van der Waals surface area (Å²) in [5.41, 5.74) is 3.95. The Bertz CT molecular complexity index is 1080. The normalized spacial score (nSPS) is 17.3.